The maximum absolute atomic E-state index is 14.0. The molecule has 1 unspecified atom stereocenters. The van der Waals surface area contributed by atoms with E-state index in [0.29, 0.717) is 58.8 Å². The molecule has 0 saturated heterocycles. The Balaban J connectivity index is 1.75. The summed E-state index contributed by atoms with van der Waals surface area (Å²) in [6.45, 7) is 8.67. The number of aryl methyl sites for hydroxylation is 1. The number of amides is 1. The Morgan fingerprint density at radius 1 is 1.15 bits per heavy atom. The Morgan fingerprint density at radius 2 is 1.90 bits per heavy atom. The molecule has 0 radical (unpaired) electrons. The van der Waals surface area contributed by atoms with Crippen molar-refractivity contribution in [2.75, 3.05) is 26.9 Å². The normalized spacial score (nSPS) is 15.4. The molecule has 0 fully saturated rings. The van der Waals surface area contributed by atoms with E-state index in [1.165, 1.54) is 16.2 Å². The van der Waals surface area contributed by atoms with Gasteiger partial charge in [-0.15, -0.1) is 11.3 Å². The third-order valence-corrected chi connectivity index (χ3v) is 7.57. The van der Waals surface area contributed by atoms with Gasteiger partial charge < -0.3 is 24.2 Å². The van der Waals surface area contributed by atoms with Crippen LogP contribution in [0.1, 0.15) is 54.2 Å². The van der Waals surface area contributed by atoms with Gasteiger partial charge in [-0.3, -0.25) is 9.59 Å². The first-order valence-electron chi connectivity index (χ1n) is 13.0. The number of ketones is 1. The van der Waals surface area contributed by atoms with E-state index in [0.717, 1.165) is 5.56 Å². The number of hydrogen-bond acceptors (Lipinski definition) is 8. The molecule has 2 aromatic carbocycles. The van der Waals surface area contributed by atoms with E-state index in [1.807, 2.05) is 51.1 Å². The minimum atomic E-state index is -0.809. The van der Waals surface area contributed by atoms with Crippen LogP contribution in [0.2, 0.25) is 0 Å². The number of thiazole rings is 1. The van der Waals surface area contributed by atoms with Gasteiger partial charge in [0, 0.05) is 18.7 Å². The zero-order valence-electron chi connectivity index (χ0n) is 22.9. The van der Waals surface area contributed by atoms with E-state index in [9.17, 15) is 14.7 Å². The molecule has 4 rings (SSSR count). The van der Waals surface area contributed by atoms with Gasteiger partial charge in [-0.05, 0) is 51.8 Å². The summed E-state index contributed by atoms with van der Waals surface area (Å²) >= 11 is 1.25. The Labute approximate surface area is 232 Å². The Hall–Kier alpha value is -3.69. The fourth-order valence-corrected chi connectivity index (χ4v) is 5.61. The second kappa shape index (κ2) is 12.4. The number of nitrogens with zero attached hydrogens (tertiary/aromatic N) is 2. The van der Waals surface area contributed by atoms with Crippen LogP contribution in [0.15, 0.2) is 59.9 Å². The van der Waals surface area contributed by atoms with Gasteiger partial charge in [-0.25, -0.2) is 4.98 Å². The number of hydrogen-bond donors (Lipinski definition) is 1. The SMILES string of the molecule is CCOc1cc(C2C(C(=O)c3sc(-c4ccccc4)nc3C)=C(O)C(=O)N2CCCOC(C)C)ccc1OC. The summed E-state index contributed by atoms with van der Waals surface area (Å²) in [5.74, 6) is -0.525. The highest BCUT2D eigenvalue weighted by atomic mass is 32.1. The van der Waals surface area contributed by atoms with Crippen LogP contribution in [0.4, 0.5) is 0 Å². The van der Waals surface area contributed by atoms with Crippen molar-refractivity contribution >= 4 is 23.0 Å². The molecule has 9 heteroatoms. The second-order valence-corrected chi connectivity index (χ2v) is 10.4. The highest BCUT2D eigenvalue weighted by molar-refractivity contribution is 7.17. The Morgan fingerprint density at radius 3 is 2.56 bits per heavy atom. The van der Waals surface area contributed by atoms with Gasteiger partial charge in [-0.2, -0.15) is 0 Å². The summed E-state index contributed by atoms with van der Waals surface area (Å²) < 4.78 is 16.9. The number of aliphatic hydroxyl groups is 1. The number of aromatic nitrogens is 1. The van der Waals surface area contributed by atoms with Crippen LogP contribution >= 0.6 is 11.3 Å². The van der Waals surface area contributed by atoms with Gasteiger partial charge in [0.2, 0.25) is 5.78 Å². The lowest BCUT2D eigenvalue weighted by Gasteiger charge is -2.27. The van der Waals surface area contributed by atoms with Crippen molar-refractivity contribution in [1.82, 2.24) is 9.88 Å². The van der Waals surface area contributed by atoms with Crippen molar-refractivity contribution in [3.8, 4) is 22.1 Å². The number of aliphatic hydroxyl groups excluding tert-OH is 1. The molecule has 0 saturated carbocycles. The van der Waals surface area contributed by atoms with Crippen LogP contribution in [0.3, 0.4) is 0 Å². The van der Waals surface area contributed by atoms with Crippen LogP contribution in [0.5, 0.6) is 11.5 Å². The molecular weight excluding hydrogens is 516 g/mol. The average Bonchev–Trinajstić information content (AvgIpc) is 3.44. The molecule has 39 heavy (non-hydrogen) atoms. The van der Waals surface area contributed by atoms with Gasteiger partial charge in [0.25, 0.3) is 5.91 Å². The topological polar surface area (TPSA) is 98.2 Å². The van der Waals surface area contributed by atoms with Crippen molar-refractivity contribution in [2.24, 2.45) is 0 Å². The first kappa shape index (κ1) is 28.3. The molecule has 0 spiro atoms. The third-order valence-electron chi connectivity index (χ3n) is 6.37. The zero-order chi connectivity index (χ0) is 28.1. The smallest absolute Gasteiger partial charge is 0.290 e. The van der Waals surface area contributed by atoms with Crippen LogP contribution in [-0.4, -0.2) is 59.7 Å². The number of benzene rings is 2. The standard InChI is InChI=1S/C30H34N2O6S/c1-6-37-23-17-21(13-14-22(23)36-5)25-24(27(34)30(35)32(25)15-10-16-38-18(2)3)26(33)28-19(4)31-29(39-28)20-11-8-7-9-12-20/h7-9,11-14,17-18,25,34H,6,10,15-16H2,1-5H3. The zero-order valence-corrected chi connectivity index (χ0v) is 23.7. The van der Waals surface area contributed by atoms with Crippen LogP contribution in [-0.2, 0) is 9.53 Å². The van der Waals surface area contributed by atoms with Crippen molar-refractivity contribution in [3.63, 3.8) is 0 Å². The van der Waals surface area contributed by atoms with E-state index < -0.39 is 23.5 Å². The summed E-state index contributed by atoms with van der Waals surface area (Å²) in [6, 6.07) is 14.1. The van der Waals surface area contributed by atoms with E-state index in [-0.39, 0.29) is 11.7 Å². The van der Waals surface area contributed by atoms with Gasteiger partial charge in [-0.1, -0.05) is 36.4 Å². The largest absolute Gasteiger partial charge is 0.503 e. The van der Waals surface area contributed by atoms with Gasteiger partial charge in [0.05, 0.1) is 42.0 Å². The van der Waals surface area contributed by atoms with E-state index >= 15 is 0 Å². The molecule has 3 aromatic rings. The molecule has 2 heterocycles. The molecule has 1 aromatic heterocycles. The molecule has 1 aliphatic rings. The molecule has 0 bridgehead atoms. The summed E-state index contributed by atoms with van der Waals surface area (Å²) in [7, 11) is 1.55. The maximum Gasteiger partial charge on any atom is 0.290 e. The van der Waals surface area contributed by atoms with Crippen LogP contribution < -0.4 is 9.47 Å². The minimum absolute atomic E-state index is 0.0313. The summed E-state index contributed by atoms with van der Waals surface area (Å²) in [5, 5.41) is 11.8. The van der Waals surface area contributed by atoms with Crippen LogP contribution in [0, 0.1) is 6.92 Å². The van der Waals surface area contributed by atoms with Gasteiger partial charge >= 0.3 is 0 Å². The maximum atomic E-state index is 14.0. The number of methoxy groups -OCH3 is 1. The fraction of sp³-hybridized carbons (Fsp3) is 0.367. The van der Waals surface area contributed by atoms with Gasteiger partial charge in [0.1, 0.15) is 5.01 Å². The van der Waals surface area contributed by atoms with Crippen molar-refractivity contribution < 1.29 is 28.9 Å². The number of ether oxygens (including phenoxy) is 3. The summed E-state index contributed by atoms with van der Waals surface area (Å²) in [4.78, 5) is 33.9. The lowest BCUT2D eigenvalue weighted by Crippen LogP contribution is -2.32. The predicted molar refractivity (Wildman–Crippen MR) is 151 cm³/mol. The number of carbonyl (C=O) groups excluding carboxylic acids is 2. The lowest BCUT2D eigenvalue weighted by atomic mass is 9.94. The third kappa shape index (κ3) is 5.99. The molecule has 1 amide bonds. The second-order valence-electron chi connectivity index (χ2n) is 9.41. The fourth-order valence-electron chi connectivity index (χ4n) is 4.58. The van der Waals surface area contributed by atoms with E-state index in [4.69, 9.17) is 14.2 Å². The highest BCUT2D eigenvalue weighted by Gasteiger charge is 2.44. The molecule has 1 aliphatic heterocycles. The molecular formula is C30H34N2O6S. The Kier molecular flexibility index (Phi) is 9.04. The molecule has 1 atom stereocenters. The minimum Gasteiger partial charge on any atom is -0.503 e. The van der Waals surface area contributed by atoms with Crippen LogP contribution in [0.25, 0.3) is 10.6 Å². The molecule has 206 valence electrons. The first-order valence-corrected chi connectivity index (χ1v) is 13.8. The van der Waals surface area contributed by atoms with Crippen molar-refractivity contribution in [2.45, 2.75) is 46.3 Å². The summed E-state index contributed by atoms with van der Waals surface area (Å²) in [6.07, 6.45) is 0.601. The molecule has 8 nitrogen and oxygen atoms in total. The van der Waals surface area contributed by atoms with Gasteiger partial charge in [0.15, 0.2) is 17.3 Å². The van der Waals surface area contributed by atoms with E-state index in [1.54, 1.807) is 32.2 Å². The summed E-state index contributed by atoms with van der Waals surface area (Å²) in [5.41, 5.74) is 2.10. The highest BCUT2D eigenvalue weighted by Crippen LogP contribution is 2.43. The average molecular weight is 551 g/mol. The number of rotatable bonds is 12. The number of carbonyl (C=O) groups is 2. The number of Topliss-reactive ketones (excluding diaryl/α,β-unsaturated/α-hetero) is 1. The van der Waals surface area contributed by atoms with Crippen molar-refractivity contribution in [3.05, 3.63) is 76.0 Å². The predicted octanol–water partition coefficient (Wildman–Crippen LogP) is 5.92. The van der Waals surface area contributed by atoms with E-state index in [2.05, 4.69) is 4.98 Å². The quantitative estimate of drug-likeness (QED) is 0.221. The molecule has 1 N–H and O–H groups in total. The Bertz CT molecular complexity index is 1370. The first-order chi connectivity index (χ1) is 18.8. The monoisotopic (exact) mass is 550 g/mol. The van der Waals surface area contributed by atoms with Crippen molar-refractivity contribution in [1.29, 1.82) is 0 Å². The lowest BCUT2D eigenvalue weighted by molar-refractivity contribution is -0.129. The molecule has 0 aliphatic carbocycles.